The Morgan fingerprint density at radius 2 is 1.96 bits per heavy atom. The molecule has 0 aliphatic carbocycles. The zero-order valence-electron chi connectivity index (χ0n) is 15.1. The topological polar surface area (TPSA) is 52.6 Å². The number of carbonyl (C=O) groups excluding carboxylic acids is 1. The van der Waals surface area contributed by atoms with Gasteiger partial charge in [-0.3, -0.25) is 0 Å². The Balaban J connectivity index is 2.26. The van der Waals surface area contributed by atoms with Crippen molar-refractivity contribution in [3.8, 4) is 0 Å². The molecule has 1 aliphatic rings. The molecule has 4 nitrogen and oxygen atoms in total. The van der Waals surface area contributed by atoms with Gasteiger partial charge in [0.2, 0.25) is 0 Å². The number of benzene rings is 1. The highest BCUT2D eigenvalue weighted by Gasteiger charge is 2.42. The monoisotopic (exact) mass is 336 g/mol. The molecule has 0 bridgehead atoms. The molecule has 0 unspecified atom stereocenters. The van der Waals surface area contributed by atoms with Gasteiger partial charge in [-0.1, -0.05) is 32.9 Å². The molecule has 1 fully saturated rings. The van der Waals surface area contributed by atoms with Crippen molar-refractivity contribution in [2.75, 3.05) is 13.2 Å². The lowest BCUT2D eigenvalue weighted by atomic mass is 9.79. The summed E-state index contributed by atoms with van der Waals surface area (Å²) in [5.74, 6) is -0.291. The number of hydrogen-bond acceptors (Lipinski definition) is 2. The third-order valence-corrected chi connectivity index (χ3v) is 5.27. The van der Waals surface area contributed by atoms with Gasteiger partial charge in [-0.15, -0.1) is 0 Å². The summed E-state index contributed by atoms with van der Waals surface area (Å²) >= 11 is 0. The highest BCUT2D eigenvalue weighted by Crippen LogP contribution is 2.36. The molecule has 2 amide bonds. The molecule has 0 spiro atoms. The summed E-state index contributed by atoms with van der Waals surface area (Å²) in [5.41, 5.74) is 0.355. The predicted octanol–water partition coefficient (Wildman–Crippen LogP) is 3.64. The van der Waals surface area contributed by atoms with Gasteiger partial charge < -0.3 is 15.3 Å². The molecule has 134 valence electrons. The van der Waals surface area contributed by atoms with E-state index >= 15 is 0 Å². The molecular formula is C19H29FN2O2. The lowest BCUT2D eigenvalue weighted by Gasteiger charge is -2.47. The van der Waals surface area contributed by atoms with Crippen LogP contribution in [-0.4, -0.2) is 35.2 Å². The molecule has 2 atom stereocenters. The smallest absolute Gasteiger partial charge is 0.318 e. The summed E-state index contributed by atoms with van der Waals surface area (Å²) in [5, 5.41) is 12.4. The van der Waals surface area contributed by atoms with E-state index in [1.165, 1.54) is 12.1 Å². The number of nitrogens with zero attached hydrogens (tertiary/aromatic N) is 1. The Hall–Kier alpha value is -1.62. The highest BCUT2D eigenvalue weighted by molar-refractivity contribution is 5.77. The molecule has 1 saturated heterocycles. The van der Waals surface area contributed by atoms with Crippen LogP contribution in [0.25, 0.3) is 0 Å². The van der Waals surface area contributed by atoms with Gasteiger partial charge in [0.15, 0.2) is 0 Å². The lowest BCUT2D eigenvalue weighted by Crippen LogP contribution is -2.61. The largest absolute Gasteiger partial charge is 0.396 e. The molecule has 2 rings (SSSR count). The van der Waals surface area contributed by atoms with Crippen molar-refractivity contribution in [3.63, 3.8) is 0 Å². The first-order chi connectivity index (χ1) is 11.2. The zero-order valence-corrected chi connectivity index (χ0v) is 15.1. The first-order valence-corrected chi connectivity index (χ1v) is 8.65. The number of nitrogens with one attached hydrogen (secondary N) is 1. The van der Waals surface area contributed by atoms with Crippen molar-refractivity contribution in [2.45, 2.75) is 58.5 Å². The number of rotatable bonds is 5. The zero-order chi connectivity index (χ0) is 18.0. The van der Waals surface area contributed by atoms with E-state index in [2.05, 4.69) is 33.0 Å². The Morgan fingerprint density at radius 1 is 1.33 bits per heavy atom. The van der Waals surface area contributed by atoms with Crippen LogP contribution in [0.3, 0.4) is 0 Å². The van der Waals surface area contributed by atoms with Crippen molar-refractivity contribution < 1.29 is 14.3 Å². The summed E-state index contributed by atoms with van der Waals surface area (Å²) in [7, 11) is 0. The van der Waals surface area contributed by atoms with Gasteiger partial charge in [-0.25, -0.2) is 9.18 Å². The van der Waals surface area contributed by atoms with E-state index in [1.807, 2.05) is 4.90 Å². The van der Waals surface area contributed by atoms with Crippen LogP contribution < -0.4 is 5.32 Å². The van der Waals surface area contributed by atoms with E-state index in [1.54, 1.807) is 12.1 Å². The molecule has 0 aromatic heterocycles. The second-order valence-electron chi connectivity index (χ2n) is 7.83. The average Bonchev–Trinajstić information content (AvgIpc) is 2.52. The van der Waals surface area contributed by atoms with Gasteiger partial charge in [0.25, 0.3) is 0 Å². The van der Waals surface area contributed by atoms with Gasteiger partial charge in [-0.2, -0.15) is 0 Å². The summed E-state index contributed by atoms with van der Waals surface area (Å²) < 4.78 is 13.3. The fourth-order valence-corrected chi connectivity index (χ4v) is 3.29. The maximum atomic E-state index is 13.3. The number of amides is 2. The maximum absolute atomic E-state index is 13.3. The Morgan fingerprint density at radius 3 is 2.46 bits per heavy atom. The first-order valence-electron chi connectivity index (χ1n) is 8.65. The van der Waals surface area contributed by atoms with Crippen LogP contribution in [0.4, 0.5) is 9.18 Å². The Bertz CT molecular complexity index is 568. The van der Waals surface area contributed by atoms with Gasteiger partial charge in [0.05, 0.1) is 5.54 Å². The van der Waals surface area contributed by atoms with E-state index in [0.29, 0.717) is 19.4 Å². The second-order valence-corrected chi connectivity index (χ2v) is 7.83. The fourth-order valence-electron chi connectivity index (χ4n) is 3.29. The Labute approximate surface area is 144 Å². The van der Waals surface area contributed by atoms with E-state index in [0.717, 1.165) is 12.0 Å². The van der Waals surface area contributed by atoms with Crippen molar-refractivity contribution in [1.82, 2.24) is 10.2 Å². The van der Waals surface area contributed by atoms with Crippen LogP contribution in [0.1, 0.15) is 52.5 Å². The third kappa shape index (κ3) is 3.89. The van der Waals surface area contributed by atoms with Crippen LogP contribution in [-0.2, 0) is 5.54 Å². The van der Waals surface area contributed by atoms with Gasteiger partial charge in [0.1, 0.15) is 5.82 Å². The molecule has 1 aliphatic heterocycles. The molecule has 0 radical (unpaired) electrons. The molecule has 1 aromatic rings. The number of carbonyl (C=O) groups is 1. The van der Waals surface area contributed by atoms with Crippen molar-refractivity contribution in [2.24, 2.45) is 5.41 Å². The molecule has 1 aromatic carbocycles. The van der Waals surface area contributed by atoms with E-state index < -0.39 is 5.54 Å². The van der Waals surface area contributed by atoms with Gasteiger partial charge >= 0.3 is 6.03 Å². The quantitative estimate of drug-likeness (QED) is 0.862. The number of aliphatic hydroxyl groups excluding tert-OH is 1. The SMILES string of the molecule is C[C@H](N1CC[C@](CCCO)(c2ccc(F)cc2)NC1=O)C(C)(C)C. The van der Waals surface area contributed by atoms with E-state index in [-0.39, 0.29) is 29.9 Å². The minimum absolute atomic E-state index is 0.00167. The summed E-state index contributed by atoms with van der Waals surface area (Å²) in [6.45, 7) is 9.15. The number of hydrogen-bond donors (Lipinski definition) is 2. The Kier molecular flexibility index (Phi) is 5.53. The first kappa shape index (κ1) is 18.7. The lowest BCUT2D eigenvalue weighted by molar-refractivity contribution is 0.0812. The van der Waals surface area contributed by atoms with Gasteiger partial charge in [0, 0.05) is 19.2 Å². The molecule has 2 N–H and O–H groups in total. The average molecular weight is 336 g/mol. The normalized spacial score (nSPS) is 23.1. The number of aliphatic hydroxyl groups is 1. The highest BCUT2D eigenvalue weighted by atomic mass is 19.1. The standard InChI is InChI=1S/C19H29FN2O2/c1-14(18(2,3)4)22-12-11-19(10-5-13-23,21-17(22)24)15-6-8-16(20)9-7-15/h6-9,14,23H,5,10-13H2,1-4H3,(H,21,24)/t14-,19+/m0/s1. The fraction of sp³-hybridized carbons (Fsp3) is 0.632. The molecule has 1 heterocycles. The molecular weight excluding hydrogens is 307 g/mol. The van der Waals surface area contributed by atoms with Gasteiger partial charge in [-0.05, 0) is 49.3 Å². The van der Waals surface area contributed by atoms with Crippen LogP contribution in [0, 0.1) is 11.2 Å². The molecule has 24 heavy (non-hydrogen) atoms. The summed E-state index contributed by atoms with van der Waals surface area (Å²) in [6.07, 6.45) is 1.97. The molecule has 5 heteroatoms. The summed E-state index contributed by atoms with van der Waals surface area (Å²) in [4.78, 5) is 14.7. The summed E-state index contributed by atoms with van der Waals surface area (Å²) in [6, 6.07) is 6.33. The van der Waals surface area contributed by atoms with E-state index in [9.17, 15) is 14.3 Å². The third-order valence-electron chi connectivity index (χ3n) is 5.27. The maximum Gasteiger partial charge on any atom is 0.318 e. The number of urea groups is 1. The minimum Gasteiger partial charge on any atom is -0.396 e. The van der Waals surface area contributed by atoms with Crippen LogP contribution >= 0.6 is 0 Å². The van der Waals surface area contributed by atoms with Crippen LogP contribution in [0.15, 0.2) is 24.3 Å². The number of halogens is 1. The molecule has 0 saturated carbocycles. The minimum atomic E-state index is -0.540. The van der Waals surface area contributed by atoms with Crippen molar-refractivity contribution >= 4 is 6.03 Å². The van der Waals surface area contributed by atoms with Crippen molar-refractivity contribution in [3.05, 3.63) is 35.6 Å². The predicted molar refractivity (Wildman–Crippen MR) is 93.2 cm³/mol. The van der Waals surface area contributed by atoms with E-state index in [4.69, 9.17) is 0 Å². The second kappa shape index (κ2) is 7.09. The van der Waals surface area contributed by atoms with Crippen LogP contribution in [0.5, 0.6) is 0 Å². The van der Waals surface area contributed by atoms with Crippen molar-refractivity contribution in [1.29, 1.82) is 0 Å². The van der Waals surface area contributed by atoms with Crippen LogP contribution in [0.2, 0.25) is 0 Å².